The first-order chi connectivity index (χ1) is 8.39. The van der Waals surface area contributed by atoms with Crippen molar-refractivity contribution in [1.29, 1.82) is 0 Å². The maximum Gasteiger partial charge on any atom is 0.257 e. The minimum absolute atomic E-state index is 0.128. The van der Waals surface area contributed by atoms with Crippen molar-refractivity contribution in [1.82, 2.24) is 9.88 Å². The summed E-state index contributed by atoms with van der Waals surface area (Å²) in [4.78, 5) is 18.0. The van der Waals surface area contributed by atoms with Crippen LogP contribution < -0.4 is 5.32 Å². The summed E-state index contributed by atoms with van der Waals surface area (Å²) in [6.07, 6.45) is 3.18. The molecule has 0 aromatic carbocycles. The van der Waals surface area contributed by atoms with Crippen LogP contribution in [0.4, 0.5) is 5.69 Å². The Labute approximate surface area is 108 Å². The summed E-state index contributed by atoms with van der Waals surface area (Å²) in [5.74, 6) is -0.128. The van der Waals surface area contributed by atoms with Gasteiger partial charge in [0.25, 0.3) is 5.91 Å². The fraction of sp³-hybridized carbons (Fsp3) is 0.538. The molecular weight excluding hydrogens is 230 g/mol. The van der Waals surface area contributed by atoms with E-state index in [1.807, 2.05) is 6.92 Å². The zero-order valence-corrected chi connectivity index (χ0v) is 11.4. The average Bonchev–Trinajstić information content (AvgIpc) is 2.34. The van der Waals surface area contributed by atoms with Crippen LogP contribution in [0.5, 0.6) is 0 Å². The molecule has 1 rings (SSSR count). The predicted molar refractivity (Wildman–Crippen MR) is 71.7 cm³/mol. The lowest BCUT2D eigenvalue weighted by Gasteiger charge is -2.28. The van der Waals surface area contributed by atoms with E-state index in [4.69, 9.17) is 0 Å². The van der Waals surface area contributed by atoms with Gasteiger partial charge in [0.1, 0.15) is 0 Å². The third-order valence-electron chi connectivity index (χ3n) is 2.57. The van der Waals surface area contributed by atoms with Gasteiger partial charge in [-0.05, 0) is 26.8 Å². The molecule has 0 unspecified atom stereocenters. The number of nitrogens with zero attached hydrogens (tertiary/aromatic N) is 2. The zero-order chi connectivity index (χ0) is 13.8. The highest BCUT2D eigenvalue weighted by molar-refractivity contribution is 5.99. The highest BCUT2D eigenvalue weighted by Gasteiger charge is 2.23. The molecule has 1 amide bonds. The summed E-state index contributed by atoms with van der Waals surface area (Å²) in [5.41, 5.74) is 0.350. The van der Waals surface area contributed by atoms with Crippen LogP contribution in [0.1, 0.15) is 31.1 Å². The molecule has 0 radical (unpaired) electrons. The monoisotopic (exact) mass is 251 g/mol. The molecule has 5 nitrogen and oxygen atoms in total. The van der Waals surface area contributed by atoms with Crippen LogP contribution in [0.25, 0.3) is 0 Å². The molecule has 0 atom stereocenters. The third kappa shape index (κ3) is 3.70. The molecule has 1 aromatic heterocycles. The van der Waals surface area contributed by atoms with Crippen LogP contribution in [-0.4, -0.2) is 46.6 Å². The van der Waals surface area contributed by atoms with Crippen molar-refractivity contribution in [2.75, 3.05) is 25.5 Å². The Morgan fingerprint density at radius 3 is 2.72 bits per heavy atom. The number of carbonyl (C=O) groups excluding carboxylic acids is 1. The number of likely N-dealkylation sites (N-methyl/N-ethyl adjacent to an activating group) is 1. The molecule has 0 fully saturated rings. The Morgan fingerprint density at radius 2 is 2.22 bits per heavy atom. The highest BCUT2D eigenvalue weighted by Crippen LogP contribution is 2.16. The topological polar surface area (TPSA) is 65.5 Å². The van der Waals surface area contributed by atoms with Crippen molar-refractivity contribution in [2.45, 2.75) is 26.4 Å². The first-order valence-electron chi connectivity index (χ1n) is 6.02. The number of anilines is 1. The van der Waals surface area contributed by atoms with E-state index in [1.165, 1.54) is 0 Å². The number of rotatable bonds is 5. The van der Waals surface area contributed by atoms with Gasteiger partial charge in [-0.3, -0.25) is 9.78 Å². The van der Waals surface area contributed by atoms with Crippen molar-refractivity contribution in [3.63, 3.8) is 0 Å². The summed E-state index contributed by atoms with van der Waals surface area (Å²) < 4.78 is 0. The van der Waals surface area contributed by atoms with Crippen LogP contribution in [0, 0.1) is 0 Å². The Morgan fingerprint density at radius 1 is 1.56 bits per heavy atom. The molecular formula is C13H21N3O2. The van der Waals surface area contributed by atoms with Gasteiger partial charge in [0.15, 0.2) is 0 Å². The molecule has 0 spiro atoms. The first kappa shape index (κ1) is 14.4. The van der Waals surface area contributed by atoms with E-state index in [1.54, 1.807) is 44.3 Å². The van der Waals surface area contributed by atoms with Gasteiger partial charge >= 0.3 is 0 Å². The van der Waals surface area contributed by atoms with Crippen LogP contribution in [-0.2, 0) is 0 Å². The lowest BCUT2D eigenvalue weighted by molar-refractivity contribution is 0.0315. The highest BCUT2D eigenvalue weighted by atomic mass is 16.3. The number of nitrogens with one attached hydrogen (secondary N) is 1. The van der Waals surface area contributed by atoms with E-state index >= 15 is 0 Å². The van der Waals surface area contributed by atoms with Crippen LogP contribution in [0.3, 0.4) is 0 Å². The maximum atomic E-state index is 12.4. The second kappa shape index (κ2) is 5.82. The van der Waals surface area contributed by atoms with E-state index < -0.39 is 5.60 Å². The van der Waals surface area contributed by atoms with Gasteiger partial charge in [-0.2, -0.15) is 0 Å². The summed E-state index contributed by atoms with van der Waals surface area (Å²) in [5, 5.41) is 12.8. The molecule has 0 saturated carbocycles. The lowest BCUT2D eigenvalue weighted by atomic mass is 10.1. The van der Waals surface area contributed by atoms with Gasteiger partial charge in [-0.1, -0.05) is 0 Å². The molecule has 100 valence electrons. The van der Waals surface area contributed by atoms with Gasteiger partial charge in [0.2, 0.25) is 0 Å². The Kier molecular flexibility index (Phi) is 4.67. The zero-order valence-electron chi connectivity index (χ0n) is 11.4. The molecule has 0 aliphatic carbocycles. The second-order valence-corrected chi connectivity index (χ2v) is 4.80. The predicted octanol–water partition coefficient (Wildman–Crippen LogP) is 1.36. The number of hydrogen-bond acceptors (Lipinski definition) is 4. The minimum Gasteiger partial charge on any atom is -0.389 e. The molecule has 1 aromatic rings. The number of carbonyl (C=O) groups is 1. The number of amides is 1. The third-order valence-corrected chi connectivity index (χ3v) is 2.57. The van der Waals surface area contributed by atoms with Crippen molar-refractivity contribution in [3.8, 4) is 0 Å². The number of hydrogen-bond donors (Lipinski definition) is 2. The molecule has 5 heteroatoms. The Balaban J connectivity index is 2.97. The van der Waals surface area contributed by atoms with E-state index in [0.717, 1.165) is 5.69 Å². The van der Waals surface area contributed by atoms with Gasteiger partial charge < -0.3 is 15.3 Å². The van der Waals surface area contributed by atoms with Crippen LogP contribution in [0.2, 0.25) is 0 Å². The fourth-order valence-electron chi connectivity index (χ4n) is 1.75. The van der Waals surface area contributed by atoms with Crippen molar-refractivity contribution < 1.29 is 9.90 Å². The van der Waals surface area contributed by atoms with Gasteiger partial charge in [0, 0.05) is 38.2 Å². The first-order valence-corrected chi connectivity index (χ1v) is 6.02. The standard InChI is InChI=1S/C13H21N3O2/c1-5-16(9-13(2,3)18)12(17)10-8-15-7-6-11(10)14-4/h6-8,18H,5,9H2,1-4H3,(H,14,15). The molecule has 0 bridgehead atoms. The van der Waals surface area contributed by atoms with Crippen LogP contribution in [0.15, 0.2) is 18.5 Å². The molecule has 2 N–H and O–H groups in total. The van der Waals surface area contributed by atoms with Crippen molar-refractivity contribution in [2.24, 2.45) is 0 Å². The Bertz CT molecular complexity index is 413. The summed E-state index contributed by atoms with van der Waals surface area (Å²) in [6, 6.07) is 1.76. The average molecular weight is 251 g/mol. The van der Waals surface area contributed by atoms with Gasteiger partial charge in [0.05, 0.1) is 11.2 Å². The quantitative estimate of drug-likeness (QED) is 0.829. The molecule has 0 aliphatic heterocycles. The molecule has 0 aliphatic rings. The number of aliphatic hydroxyl groups is 1. The van der Waals surface area contributed by atoms with Crippen molar-refractivity contribution >= 4 is 11.6 Å². The molecule has 1 heterocycles. The summed E-state index contributed by atoms with van der Waals surface area (Å²) in [6.45, 7) is 6.09. The van der Waals surface area contributed by atoms with Crippen molar-refractivity contribution in [3.05, 3.63) is 24.0 Å². The number of pyridine rings is 1. The SMILES string of the molecule is CCN(CC(C)(C)O)C(=O)c1cnccc1NC. The lowest BCUT2D eigenvalue weighted by Crippen LogP contribution is -2.42. The summed E-state index contributed by atoms with van der Waals surface area (Å²) in [7, 11) is 1.76. The maximum absolute atomic E-state index is 12.4. The van der Waals surface area contributed by atoms with Crippen LogP contribution >= 0.6 is 0 Å². The van der Waals surface area contributed by atoms with E-state index in [9.17, 15) is 9.90 Å². The fourth-order valence-corrected chi connectivity index (χ4v) is 1.75. The molecule has 18 heavy (non-hydrogen) atoms. The second-order valence-electron chi connectivity index (χ2n) is 4.80. The van der Waals surface area contributed by atoms with E-state index in [0.29, 0.717) is 18.7 Å². The Hall–Kier alpha value is -1.62. The normalized spacial score (nSPS) is 11.2. The largest absolute Gasteiger partial charge is 0.389 e. The number of aromatic nitrogens is 1. The molecule has 0 saturated heterocycles. The minimum atomic E-state index is -0.909. The van der Waals surface area contributed by atoms with Gasteiger partial charge in [-0.15, -0.1) is 0 Å². The van der Waals surface area contributed by atoms with E-state index in [2.05, 4.69) is 10.3 Å². The summed E-state index contributed by atoms with van der Waals surface area (Å²) >= 11 is 0. The van der Waals surface area contributed by atoms with Gasteiger partial charge in [-0.25, -0.2) is 0 Å². The van der Waals surface area contributed by atoms with E-state index in [-0.39, 0.29) is 5.91 Å². The smallest absolute Gasteiger partial charge is 0.257 e.